The number of para-hydroxylation sites is 1. The van der Waals surface area contributed by atoms with Crippen molar-refractivity contribution in [3.8, 4) is 0 Å². The number of fused-ring (bicyclic) bond motifs is 1. The van der Waals surface area contributed by atoms with Gasteiger partial charge in [0, 0.05) is 29.7 Å². The Morgan fingerprint density at radius 1 is 1.13 bits per heavy atom. The minimum Gasteiger partial charge on any atom is -0.338 e. The number of nitrogens with zero attached hydrogens (tertiary/aromatic N) is 2. The van der Waals surface area contributed by atoms with E-state index in [4.69, 9.17) is 0 Å². The lowest BCUT2D eigenvalue weighted by Gasteiger charge is -2.35. The summed E-state index contributed by atoms with van der Waals surface area (Å²) in [6.07, 6.45) is 5.63. The molecule has 4 rings (SSSR count). The highest BCUT2D eigenvalue weighted by Gasteiger charge is 2.27. The number of carbonyl (C=O) groups is 1. The Labute approximate surface area is 182 Å². The molecule has 0 spiro atoms. The monoisotopic (exact) mass is 442 g/mol. The minimum atomic E-state index is -3.72. The third-order valence-electron chi connectivity index (χ3n) is 6.06. The first-order chi connectivity index (χ1) is 14.9. The Bertz CT molecular complexity index is 1200. The predicted octanol–water partition coefficient (Wildman–Crippen LogP) is 4.55. The number of hydrogen-bond donors (Lipinski definition) is 0. The normalized spacial score (nSPS) is 17.2. The van der Waals surface area contributed by atoms with Gasteiger partial charge in [0.15, 0.2) is 9.84 Å². The van der Waals surface area contributed by atoms with E-state index in [-0.39, 0.29) is 29.1 Å². The van der Waals surface area contributed by atoms with Gasteiger partial charge >= 0.3 is 0 Å². The fourth-order valence-corrected chi connectivity index (χ4v) is 6.07. The molecule has 3 aromatic rings. The summed E-state index contributed by atoms with van der Waals surface area (Å²) in [5.74, 6) is -0.745. The third kappa shape index (κ3) is 4.51. The lowest BCUT2D eigenvalue weighted by atomic mass is 10.00. The molecule has 31 heavy (non-hydrogen) atoms. The van der Waals surface area contributed by atoms with Gasteiger partial charge in [0.2, 0.25) is 5.91 Å². The van der Waals surface area contributed by atoms with Gasteiger partial charge in [0.25, 0.3) is 0 Å². The van der Waals surface area contributed by atoms with Crippen LogP contribution in [0.4, 0.5) is 4.39 Å². The van der Waals surface area contributed by atoms with E-state index in [0.717, 1.165) is 32.2 Å². The van der Waals surface area contributed by atoms with Gasteiger partial charge in [0.1, 0.15) is 12.4 Å². The highest BCUT2D eigenvalue weighted by molar-refractivity contribution is 7.90. The summed E-state index contributed by atoms with van der Waals surface area (Å²) < 4.78 is 41.7. The molecule has 1 saturated heterocycles. The summed E-state index contributed by atoms with van der Waals surface area (Å²) in [6.45, 7) is 2.95. The molecule has 0 saturated carbocycles. The first-order valence-corrected chi connectivity index (χ1v) is 12.4. The fraction of sp³-hybridized carbons (Fsp3) is 0.375. The zero-order valence-corrected chi connectivity index (χ0v) is 18.4. The van der Waals surface area contributed by atoms with Crippen molar-refractivity contribution >= 4 is 26.6 Å². The van der Waals surface area contributed by atoms with Crippen LogP contribution < -0.4 is 0 Å². The minimum absolute atomic E-state index is 0.0152. The van der Waals surface area contributed by atoms with Crippen molar-refractivity contribution in [3.05, 3.63) is 66.1 Å². The second-order valence-electron chi connectivity index (χ2n) is 8.17. The second-order valence-corrected chi connectivity index (χ2v) is 10.1. The van der Waals surface area contributed by atoms with E-state index in [2.05, 4.69) is 6.92 Å². The summed E-state index contributed by atoms with van der Waals surface area (Å²) >= 11 is 0. The number of carbonyl (C=O) groups excluding carboxylic acids is 1. The summed E-state index contributed by atoms with van der Waals surface area (Å²) in [6, 6.07) is 13.1. The SMILES string of the molecule is CCC1CCCCN1C(=O)Cn1cc(S(=O)(=O)Cc2cccc(F)c2)c2ccccc21. The number of piperidine rings is 1. The van der Waals surface area contributed by atoms with Crippen LogP contribution in [-0.2, 0) is 26.9 Å². The molecule has 5 nitrogen and oxygen atoms in total. The molecule has 2 heterocycles. The number of sulfone groups is 1. The third-order valence-corrected chi connectivity index (χ3v) is 7.77. The average molecular weight is 443 g/mol. The van der Waals surface area contributed by atoms with Crippen LogP contribution in [0.25, 0.3) is 10.9 Å². The topological polar surface area (TPSA) is 59.4 Å². The fourth-order valence-electron chi connectivity index (χ4n) is 4.51. The smallest absolute Gasteiger partial charge is 0.242 e. The number of aromatic nitrogens is 1. The lowest BCUT2D eigenvalue weighted by Crippen LogP contribution is -2.44. The van der Waals surface area contributed by atoms with Crippen LogP contribution in [0.3, 0.4) is 0 Å². The number of benzene rings is 2. The molecule has 1 amide bonds. The van der Waals surface area contributed by atoms with Crippen molar-refractivity contribution in [2.24, 2.45) is 0 Å². The zero-order chi connectivity index (χ0) is 22.0. The van der Waals surface area contributed by atoms with Crippen LogP contribution in [0.1, 0.15) is 38.2 Å². The van der Waals surface area contributed by atoms with Gasteiger partial charge < -0.3 is 9.47 Å². The molecule has 1 aliphatic rings. The number of rotatable bonds is 6. The molecule has 0 radical (unpaired) electrons. The maximum atomic E-state index is 13.5. The Balaban J connectivity index is 1.66. The van der Waals surface area contributed by atoms with Crippen molar-refractivity contribution < 1.29 is 17.6 Å². The van der Waals surface area contributed by atoms with Crippen LogP contribution in [0, 0.1) is 5.82 Å². The Kier molecular flexibility index (Phi) is 6.14. The van der Waals surface area contributed by atoms with Gasteiger partial charge in [-0.3, -0.25) is 4.79 Å². The highest BCUT2D eigenvalue weighted by Crippen LogP contribution is 2.29. The average Bonchev–Trinajstić information content (AvgIpc) is 3.13. The Morgan fingerprint density at radius 2 is 1.94 bits per heavy atom. The lowest BCUT2D eigenvalue weighted by molar-refractivity contribution is -0.135. The van der Waals surface area contributed by atoms with Gasteiger partial charge in [-0.25, -0.2) is 12.8 Å². The molecule has 0 aliphatic carbocycles. The van der Waals surface area contributed by atoms with E-state index >= 15 is 0 Å². The molecule has 1 atom stereocenters. The summed E-state index contributed by atoms with van der Waals surface area (Å²) in [5, 5.41) is 0.581. The number of halogens is 1. The molecular formula is C24H27FN2O3S. The molecule has 1 aromatic heterocycles. The quantitative estimate of drug-likeness (QED) is 0.563. The van der Waals surface area contributed by atoms with Crippen LogP contribution in [0.2, 0.25) is 0 Å². The molecular weight excluding hydrogens is 415 g/mol. The van der Waals surface area contributed by atoms with Gasteiger partial charge in [-0.15, -0.1) is 0 Å². The number of amides is 1. The molecule has 0 N–H and O–H groups in total. The van der Waals surface area contributed by atoms with Crippen molar-refractivity contribution in [2.45, 2.75) is 55.8 Å². The molecule has 7 heteroatoms. The second kappa shape index (κ2) is 8.83. The van der Waals surface area contributed by atoms with Gasteiger partial charge in [0.05, 0.1) is 10.6 Å². The summed E-state index contributed by atoms with van der Waals surface area (Å²) in [5.41, 5.74) is 1.10. The summed E-state index contributed by atoms with van der Waals surface area (Å²) in [7, 11) is -3.72. The van der Waals surface area contributed by atoms with E-state index in [1.807, 2.05) is 17.0 Å². The van der Waals surface area contributed by atoms with E-state index in [0.29, 0.717) is 16.5 Å². The standard InChI is InChI=1S/C24H27FN2O3S/c1-2-20-10-5-6-13-27(20)24(28)16-26-15-23(21-11-3-4-12-22(21)26)31(29,30)17-18-8-7-9-19(25)14-18/h3-4,7-9,11-12,14-15,20H,2,5-6,10,13,16-17H2,1H3. The van der Waals surface area contributed by atoms with Gasteiger partial charge in [-0.1, -0.05) is 37.3 Å². The van der Waals surface area contributed by atoms with Gasteiger partial charge in [-0.2, -0.15) is 0 Å². The Morgan fingerprint density at radius 3 is 2.71 bits per heavy atom. The first-order valence-electron chi connectivity index (χ1n) is 10.7. The highest BCUT2D eigenvalue weighted by atomic mass is 32.2. The van der Waals surface area contributed by atoms with E-state index in [1.54, 1.807) is 29.0 Å². The Hall–Kier alpha value is -2.67. The zero-order valence-electron chi connectivity index (χ0n) is 17.6. The first kappa shape index (κ1) is 21.6. The van der Waals surface area contributed by atoms with E-state index in [9.17, 15) is 17.6 Å². The van der Waals surface area contributed by atoms with E-state index in [1.165, 1.54) is 18.2 Å². The van der Waals surface area contributed by atoms with Crippen LogP contribution in [0.15, 0.2) is 59.6 Å². The molecule has 164 valence electrons. The van der Waals surface area contributed by atoms with Crippen molar-refractivity contribution in [2.75, 3.05) is 6.54 Å². The van der Waals surface area contributed by atoms with Gasteiger partial charge in [-0.05, 0) is 49.4 Å². The summed E-state index contributed by atoms with van der Waals surface area (Å²) in [4.78, 5) is 15.2. The molecule has 1 fully saturated rings. The molecule has 2 aromatic carbocycles. The number of likely N-dealkylation sites (tertiary alicyclic amines) is 1. The van der Waals surface area contributed by atoms with E-state index < -0.39 is 15.7 Å². The number of hydrogen-bond acceptors (Lipinski definition) is 3. The van der Waals surface area contributed by atoms with Crippen molar-refractivity contribution in [3.63, 3.8) is 0 Å². The maximum absolute atomic E-state index is 13.5. The maximum Gasteiger partial charge on any atom is 0.242 e. The van der Waals surface area contributed by atoms with Crippen molar-refractivity contribution in [1.29, 1.82) is 0 Å². The van der Waals surface area contributed by atoms with Crippen molar-refractivity contribution in [1.82, 2.24) is 9.47 Å². The molecule has 1 aliphatic heterocycles. The molecule has 0 bridgehead atoms. The van der Waals surface area contributed by atoms with Crippen LogP contribution in [-0.4, -0.2) is 36.4 Å². The van der Waals surface area contributed by atoms with Crippen LogP contribution >= 0.6 is 0 Å². The largest absolute Gasteiger partial charge is 0.338 e. The van der Waals surface area contributed by atoms with Crippen LogP contribution in [0.5, 0.6) is 0 Å². The predicted molar refractivity (Wildman–Crippen MR) is 119 cm³/mol. The molecule has 1 unspecified atom stereocenters.